The molecule has 0 aromatic carbocycles. The SMILES string of the molecule is CCC(SC)C(=O)OC(C)(C)C. The van der Waals surface area contributed by atoms with Crippen molar-refractivity contribution in [2.24, 2.45) is 0 Å². The van der Waals surface area contributed by atoms with Crippen LogP contribution in [-0.4, -0.2) is 23.1 Å². The van der Waals surface area contributed by atoms with Crippen LogP contribution in [0.25, 0.3) is 0 Å². The van der Waals surface area contributed by atoms with E-state index in [1.54, 1.807) is 11.8 Å². The minimum Gasteiger partial charge on any atom is -0.459 e. The molecule has 0 amide bonds. The van der Waals surface area contributed by atoms with E-state index < -0.39 is 0 Å². The summed E-state index contributed by atoms with van der Waals surface area (Å²) >= 11 is 1.54. The van der Waals surface area contributed by atoms with Crippen LogP contribution in [0.2, 0.25) is 0 Å². The van der Waals surface area contributed by atoms with Crippen LogP contribution in [0.5, 0.6) is 0 Å². The van der Waals surface area contributed by atoms with Gasteiger partial charge in [0.25, 0.3) is 0 Å². The minimum absolute atomic E-state index is 0.00998. The lowest BCUT2D eigenvalue weighted by Crippen LogP contribution is -2.29. The summed E-state index contributed by atoms with van der Waals surface area (Å²) < 4.78 is 5.22. The van der Waals surface area contributed by atoms with Gasteiger partial charge in [-0.2, -0.15) is 11.8 Å². The maximum Gasteiger partial charge on any atom is 0.319 e. The Morgan fingerprint density at radius 1 is 1.50 bits per heavy atom. The van der Waals surface area contributed by atoms with Gasteiger partial charge in [0.15, 0.2) is 0 Å². The third kappa shape index (κ3) is 4.65. The number of carbonyl (C=O) groups is 1. The van der Waals surface area contributed by atoms with Gasteiger partial charge in [-0.1, -0.05) is 6.92 Å². The topological polar surface area (TPSA) is 26.3 Å². The highest BCUT2D eigenvalue weighted by Crippen LogP contribution is 2.16. The second-order valence-corrected chi connectivity index (χ2v) is 4.71. The monoisotopic (exact) mass is 190 g/mol. The molecule has 0 fully saturated rings. The van der Waals surface area contributed by atoms with Gasteiger partial charge in [-0.15, -0.1) is 0 Å². The molecule has 0 aromatic rings. The zero-order valence-electron chi connectivity index (χ0n) is 8.51. The molecule has 0 aliphatic heterocycles. The van der Waals surface area contributed by atoms with Crippen molar-refractivity contribution >= 4 is 17.7 Å². The molecule has 2 nitrogen and oxygen atoms in total. The molecule has 1 atom stereocenters. The van der Waals surface area contributed by atoms with Crippen LogP contribution in [0.1, 0.15) is 34.1 Å². The van der Waals surface area contributed by atoms with Gasteiger partial charge in [-0.25, -0.2) is 0 Å². The molecule has 0 heterocycles. The zero-order valence-corrected chi connectivity index (χ0v) is 9.33. The lowest BCUT2D eigenvalue weighted by molar-refractivity contribution is -0.154. The Morgan fingerprint density at radius 2 is 2.00 bits per heavy atom. The lowest BCUT2D eigenvalue weighted by atomic mass is 10.2. The second-order valence-electron chi connectivity index (χ2n) is 3.67. The molecular formula is C9H18O2S. The zero-order chi connectivity index (χ0) is 9.78. The molecule has 0 aliphatic rings. The van der Waals surface area contributed by atoms with Gasteiger partial charge in [0, 0.05) is 0 Å². The van der Waals surface area contributed by atoms with Gasteiger partial charge in [-0.3, -0.25) is 4.79 Å². The van der Waals surface area contributed by atoms with Crippen molar-refractivity contribution in [3.63, 3.8) is 0 Å². The number of rotatable bonds is 3. The predicted octanol–water partition coefficient (Wildman–Crippen LogP) is 2.47. The number of carbonyl (C=O) groups excluding carboxylic acids is 1. The molecule has 0 saturated heterocycles. The Balaban J connectivity index is 4.02. The van der Waals surface area contributed by atoms with E-state index in [1.807, 2.05) is 34.0 Å². The predicted molar refractivity (Wildman–Crippen MR) is 53.4 cm³/mol. The van der Waals surface area contributed by atoms with Crippen molar-refractivity contribution in [2.45, 2.75) is 45.0 Å². The molecular weight excluding hydrogens is 172 g/mol. The first-order valence-corrected chi connectivity index (χ1v) is 5.45. The molecule has 0 N–H and O–H groups in total. The maximum atomic E-state index is 11.4. The second kappa shape index (κ2) is 4.75. The fourth-order valence-corrected chi connectivity index (χ4v) is 1.37. The van der Waals surface area contributed by atoms with Crippen LogP contribution in [0, 0.1) is 0 Å². The molecule has 12 heavy (non-hydrogen) atoms. The summed E-state index contributed by atoms with van der Waals surface area (Å²) in [5.74, 6) is -0.0995. The molecule has 0 aliphatic carbocycles. The quantitative estimate of drug-likeness (QED) is 0.639. The first-order chi connectivity index (χ1) is 5.40. The van der Waals surface area contributed by atoms with E-state index in [-0.39, 0.29) is 16.8 Å². The van der Waals surface area contributed by atoms with Crippen molar-refractivity contribution in [3.05, 3.63) is 0 Å². The van der Waals surface area contributed by atoms with Crippen LogP contribution >= 0.6 is 11.8 Å². The Kier molecular flexibility index (Phi) is 4.68. The average Bonchev–Trinajstić information content (AvgIpc) is 1.85. The van der Waals surface area contributed by atoms with Crippen molar-refractivity contribution in [3.8, 4) is 0 Å². The lowest BCUT2D eigenvalue weighted by Gasteiger charge is -2.22. The van der Waals surface area contributed by atoms with E-state index in [2.05, 4.69) is 0 Å². The van der Waals surface area contributed by atoms with E-state index in [9.17, 15) is 4.79 Å². The van der Waals surface area contributed by atoms with Crippen molar-refractivity contribution < 1.29 is 9.53 Å². The van der Waals surface area contributed by atoms with Gasteiger partial charge in [0.1, 0.15) is 10.9 Å². The first kappa shape index (κ1) is 11.8. The highest BCUT2D eigenvalue weighted by atomic mass is 32.2. The Morgan fingerprint density at radius 3 is 2.25 bits per heavy atom. The van der Waals surface area contributed by atoms with E-state index in [1.165, 1.54) is 0 Å². The van der Waals surface area contributed by atoms with Crippen molar-refractivity contribution in [2.75, 3.05) is 6.26 Å². The number of ether oxygens (including phenoxy) is 1. The van der Waals surface area contributed by atoms with E-state index in [0.717, 1.165) is 6.42 Å². The molecule has 0 spiro atoms. The Bertz CT molecular complexity index is 145. The minimum atomic E-state index is -0.361. The van der Waals surface area contributed by atoms with E-state index >= 15 is 0 Å². The molecule has 1 unspecified atom stereocenters. The Labute approximate surface area is 79.1 Å². The smallest absolute Gasteiger partial charge is 0.319 e. The third-order valence-electron chi connectivity index (χ3n) is 1.32. The summed E-state index contributed by atoms with van der Waals surface area (Å²) in [5.41, 5.74) is -0.361. The highest BCUT2D eigenvalue weighted by Gasteiger charge is 2.22. The highest BCUT2D eigenvalue weighted by molar-refractivity contribution is 7.99. The first-order valence-electron chi connectivity index (χ1n) is 4.16. The number of hydrogen-bond acceptors (Lipinski definition) is 3. The van der Waals surface area contributed by atoms with E-state index in [0.29, 0.717) is 0 Å². The fraction of sp³-hybridized carbons (Fsp3) is 0.889. The number of thioether (sulfide) groups is 1. The standard InChI is InChI=1S/C9H18O2S/c1-6-7(12-5)8(10)11-9(2,3)4/h7H,6H2,1-5H3. The van der Waals surface area contributed by atoms with Crippen LogP contribution in [0.4, 0.5) is 0 Å². The van der Waals surface area contributed by atoms with Gasteiger partial charge in [0.05, 0.1) is 0 Å². The van der Waals surface area contributed by atoms with Crippen LogP contribution < -0.4 is 0 Å². The number of esters is 1. The summed E-state index contributed by atoms with van der Waals surface area (Å²) in [4.78, 5) is 11.4. The van der Waals surface area contributed by atoms with Gasteiger partial charge >= 0.3 is 5.97 Å². The van der Waals surface area contributed by atoms with Gasteiger partial charge in [0.2, 0.25) is 0 Å². The summed E-state index contributed by atoms with van der Waals surface area (Å²) in [7, 11) is 0. The van der Waals surface area contributed by atoms with Crippen molar-refractivity contribution in [1.82, 2.24) is 0 Å². The Hall–Kier alpha value is -0.180. The molecule has 0 saturated carbocycles. The third-order valence-corrected chi connectivity index (χ3v) is 2.42. The fourth-order valence-electron chi connectivity index (χ4n) is 0.797. The summed E-state index contributed by atoms with van der Waals surface area (Å²) in [6.45, 7) is 7.65. The molecule has 0 rings (SSSR count). The summed E-state index contributed by atoms with van der Waals surface area (Å²) in [6.07, 6.45) is 2.76. The molecule has 0 bridgehead atoms. The van der Waals surface area contributed by atoms with Crippen LogP contribution in [-0.2, 0) is 9.53 Å². The van der Waals surface area contributed by atoms with Gasteiger partial charge in [-0.05, 0) is 33.4 Å². The summed E-state index contributed by atoms with van der Waals surface area (Å²) in [6, 6.07) is 0. The normalized spacial score (nSPS) is 14.1. The molecule has 72 valence electrons. The molecule has 0 aromatic heterocycles. The van der Waals surface area contributed by atoms with Crippen LogP contribution in [0.15, 0.2) is 0 Å². The molecule has 3 heteroatoms. The average molecular weight is 190 g/mol. The van der Waals surface area contributed by atoms with Gasteiger partial charge < -0.3 is 4.74 Å². The van der Waals surface area contributed by atoms with E-state index in [4.69, 9.17) is 4.74 Å². The van der Waals surface area contributed by atoms with Crippen LogP contribution in [0.3, 0.4) is 0 Å². The van der Waals surface area contributed by atoms with Crippen molar-refractivity contribution in [1.29, 1.82) is 0 Å². The molecule has 0 radical (unpaired) electrons. The largest absolute Gasteiger partial charge is 0.459 e. The maximum absolute atomic E-state index is 11.4. The summed E-state index contributed by atoms with van der Waals surface area (Å²) in [5, 5.41) is -0.00998. The number of hydrogen-bond donors (Lipinski definition) is 0.